The Morgan fingerprint density at radius 1 is 1.36 bits per heavy atom. The third-order valence-electron chi connectivity index (χ3n) is 5.43. The van der Waals surface area contributed by atoms with Gasteiger partial charge in [0, 0.05) is 24.2 Å². The van der Waals surface area contributed by atoms with Crippen LogP contribution in [0.5, 0.6) is 5.75 Å². The lowest BCUT2D eigenvalue weighted by atomic mass is 9.95. The van der Waals surface area contributed by atoms with E-state index in [1.54, 1.807) is 0 Å². The number of para-hydroxylation sites is 1. The molecule has 0 spiro atoms. The van der Waals surface area contributed by atoms with Crippen molar-refractivity contribution in [1.29, 1.82) is 0 Å². The van der Waals surface area contributed by atoms with Crippen LogP contribution in [0.4, 0.5) is 0 Å². The van der Waals surface area contributed by atoms with Gasteiger partial charge < -0.3 is 10.1 Å². The normalized spacial score (nSPS) is 20.5. The molecule has 1 atom stereocenters. The highest BCUT2D eigenvalue weighted by Crippen LogP contribution is 2.46. The maximum Gasteiger partial charge on any atom is 0.226 e. The number of carbonyl (C=O) groups is 1. The number of carbonyl (C=O) groups excluding carboxylic acids is 1. The van der Waals surface area contributed by atoms with Gasteiger partial charge in [-0.2, -0.15) is 5.10 Å². The van der Waals surface area contributed by atoms with Crippen LogP contribution in [-0.4, -0.2) is 28.8 Å². The second-order valence-corrected chi connectivity index (χ2v) is 7.62. The largest absolute Gasteiger partial charge is 0.492 e. The number of aromatic nitrogens is 2. The zero-order valence-electron chi connectivity index (χ0n) is 14.9. The fourth-order valence-electron chi connectivity index (χ4n) is 3.64. The summed E-state index contributed by atoms with van der Waals surface area (Å²) in [6, 6.07) is 10.1. The smallest absolute Gasteiger partial charge is 0.226 e. The van der Waals surface area contributed by atoms with E-state index in [2.05, 4.69) is 28.1 Å². The van der Waals surface area contributed by atoms with Crippen LogP contribution in [0.2, 0.25) is 0 Å². The minimum absolute atomic E-state index is 0.0978. The summed E-state index contributed by atoms with van der Waals surface area (Å²) >= 11 is 0. The summed E-state index contributed by atoms with van der Waals surface area (Å²) < 4.78 is 7.82. The van der Waals surface area contributed by atoms with Gasteiger partial charge in [0.2, 0.25) is 5.91 Å². The molecule has 1 N–H and O–H groups in total. The minimum Gasteiger partial charge on any atom is -0.492 e. The van der Waals surface area contributed by atoms with Crippen molar-refractivity contribution in [3.63, 3.8) is 0 Å². The Morgan fingerprint density at radius 3 is 2.88 bits per heavy atom. The van der Waals surface area contributed by atoms with E-state index in [-0.39, 0.29) is 17.2 Å². The highest BCUT2D eigenvalue weighted by molar-refractivity contribution is 5.79. The number of fused-ring (bicyclic) bond motifs is 1. The average molecular weight is 339 g/mol. The van der Waals surface area contributed by atoms with Crippen molar-refractivity contribution in [2.24, 2.45) is 11.3 Å². The van der Waals surface area contributed by atoms with Gasteiger partial charge >= 0.3 is 0 Å². The topological polar surface area (TPSA) is 56.2 Å². The maximum absolute atomic E-state index is 12.6. The molecule has 132 valence electrons. The molecule has 0 radical (unpaired) electrons. The van der Waals surface area contributed by atoms with E-state index < -0.39 is 0 Å². The molecule has 4 rings (SSSR count). The van der Waals surface area contributed by atoms with Crippen LogP contribution in [0.3, 0.4) is 0 Å². The molecule has 1 aromatic carbocycles. The molecule has 1 aliphatic heterocycles. The van der Waals surface area contributed by atoms with Crippen LogP contribution >= 0.6 is 0 Å². The average Bonchev–Trinajstić information content (AvgIpc) is 3.31. The highest BCUT2D eigenvalue weighted by Gasteiger charge is 2.44. The molecule has 25 heavy (non-hydrogen) atoms. The number of aryl methyl sites for hydroxylation is 2. The van der Waals surface area contributed by atoms with Gasteiger partial charge in [0.1, 0.15) is 12.4 Å². The first-order valence-corrected chi connectivity index (χ1v) is 9.04. The van der Waals surface area contributed by atoms with Gasteiger partial charge in [-0.25, -0.2) is 0 Å². The fourth-order valence-corrected chi connectivity index (χ4v) is 3.64. The molecule has 0 saturated heterocycles. The first kappa shape index (κ1) is 16.2. The Morgan fingerprint density at radius 2 is 2.16 bits per heavy atom. The van der Waals surface area contributed by atoms with Crippen molar-refractivity contribution in [3.8, 4) is 5.75 Å². The number of hydrogen-bond acceptors (Lipinski definition) is 3. The Bertz CT molecular complexity index is 792. The van der Waals surface area contributed by atoms with Crippen molar-refractivity contribution in [1.82, 2.24) is 15.1 Å². The molecule has 5 heteroatoms. The van der Waals surface area contributed by atoms with Crippen molar-refractivity contribution in [3.05, 3.63) is 47.3 Å². The first-order chi connectivity index (χ1) is 12.0. The predicted octanol–water partition coefficient (Wildman–Crippen LogP) is 2.65. The molecule has 1 fully saturated rings. The Kier molecular flexibility index (Phi) is 4.02. The second-order valence-electron chi connectivity index (χ2n) is 7.62. The molecule has 1 amide bonds. The van der Waals surface area contributed by atoms with Gasteiger partial charge in [-0.15, -0.1) is 0 Å². The molecule has 1 aromatic heterocycles. The predicted molar refractivity (Wildman–Crippen MR) is 95.5 cm³/mol. The van der Waals surface area contributed by atoms with Crippen LogP contribution in [-0.2, 0) is 17.8 Å². The van der Waals surface area contributed by atoms with E-state index in [9.17, 15) is 4.79 Å². The summed E-state index contributed by atoms with van der Waals surface area (Å²) in [5.41, 5.74) is 3.53. The lowest BCUT2D eigenvalue weighted by molar-refractivity contribution is -0.126. The quantitative estimate of drug-likeness (QED) is 0.911. The van der Waals surface area contributed by atoms with Crippen molar-refractivity contribution >= 4 is 5.91 Å². The minimum atomic E-state index is -0.0978. The van der Waals surface area contributed by atoms with Gasteiger partial charge in [0.25, 0.3) is 0 Å². The van der Waals surface area contributed by atoms with Crippen molar-refractivity contribution < 1.29 is 9.53 Å². The SMILES string of the molecule is Cc1cc(C)n(CC2(CNC(=O)[C@H]3COc4ccccc4C3)CC2)n1. The van der Waals surface area contributed by atoms with Gasteiger partial charge in [0.05, 0.1) is 11.6 Å². The molecule has 2 aromatic rings. The van der Waals surface area contributed by atoms with Gasteiger partial charge in [-0.1, -0.05) is 18.2 Å². The monoisotopic (exact) mass is 339 g/mol. The molecule has 2 aliphatic rings. The van der Waals surface area contributed by atoms with Crippen molar-refractivity contribution in [2.45, 2.75) is 39.7 Å². The van der Waals surface area contributed by atoms with E-state index in [4.69, 9.17) is 4.74 Å². The molecule has 1 saturated carbocycles. The number of benzene rings is 1. The van der Waals surface area contributed by atoms with Crippen molar-refractivity contribution in [2.75, 3.05) is 13.2 Å². The number of amides is 1. The summed E-state index contributed by atoms with van der Waals surface area (Å²) in [5, 5.41) is 7.73. The van der Waals surface area contributed by atoms with E-state index in [1.807, 2.05) is 31.2 Å². The van der Waals surface area contributed by atoms with Crippen LogP contribution < -0.4 is 10.1 Å². The summed E-state index contributed by atoms with van der Waals surface area (Å²) in [4.78, 5) is 12.6. The fraction of sp³-hybridized carbons (Fsp3) is 0.500. The van der Waals surface area contributed by atoms with Gasteiger partial charge in [-0.3, -0.25) is 9.48 Å². The van der Waals surface area contributed by atoms with Crippen LogP contribution in [0.1, 0.15) is 29.8 Å². The summed E-state index contributed by atoms with van der Waals surface area (Å²) in [5.74, 6) is 0.920. The molecule has 0 unspecified atom stereocenters. The lowest BCUT2D eigenvalue weighted by Crippen LogP contribution is -2.40. The number of nitrogens with one attached hydrogen (secondary N) is 1. The number of rotatable bonds is 5. The number of hydrogen-bond donors (Lipinski definition) is 1. The molecule has 1 aliphatic carbocycles. The van der Waals surface area contributed by atoms with Crippen LogP contribution in [0.25, 0.3) is 0 Å². The molecule has 0 bridgehead atoms. The van der Waals surface area contributed by atoms with Crippen LogP contribution in [0.15, 0.2) is 30.3 Å². The van der Waals surface area contributed by atoms with E-state index in [0.717, 1.165) is 49.4 Å². The lowest BCUT2D eigenvalue weighted by Gasteiger charge is -2.25. The van der Waals surface area contributed by atoms with E-state index in [0.29, 0.717) is 6.61 Å². The number of nitrogens with zero attached hydrogens (tertiary/aromatic N) is 2. The standard InChI is InChI=1S/C20H25N3O2/c1-14-9-15(2)23(22-14)13-20(7-8-20)12-21-19(24)17-10-16-5-3-4-6-18(16)25-11-17/h3-6,9,17H,7-8,10-13H2,1-2H3,(H,21,24)/t17-/m1/s1. The third-order valence-corrected chi connectivity index (χ3v) is 5.43. The maximum atomic E-state index is 12.6. The van der Waals surface area contributed by atoms with Gasteiger partial charge in [-0.05, 0) is 50.8 Å². The summed E-state index contributed by atoms with van der Waals surface area (Å²) in [6.07, 6.45) is 3.05. The molecule has 2 heterocycles. The first-order valence-electron chi connectivity index (χ1n) is 9.04. The zero-order valence-corrected chi connectivity index (χ0v) is 14.9. The van der Waals surface area contributed by atoms with Crippen LogP contribution in [0, 0.1) is 25.2 Å². The Hall–Kier alpha value is -2.30. The molecule has 5 nitrogen and oxygen atoms in total. The Labute approximate surface area is 148 Å². The van der Waals surface area contributed by atoms with Gasteiger partial charge in [0.15, 0.2) is 0 Å². The summed E-state index contributed by atoms with van der Waals surface area (Å²) in [7, 11) is 0. The highest BCUT2D eigenvalue weighted by atomic mass is 16.5. The second kappa shape index (κ2) is 6.21. The number of ether oxygens (including phenoxy) is 1. The summed E-state index contributed by atoms with van der Waals surface area (Å²) in [6.45, 7) is 6.18. The van der Waals surface area contributed by atoms with E-state index >= 15 is 0 Å². The molecular formula is C20H25N3O2. The molecular weight excluding hydrogens is 314 g/mol. The third kappa shape index (κ3) is 3.41. The Balaban J connectivity index is 1.34. The zero-order chi connectivity index (χ0) is 17.4. The van der Waals surface area contributed by atoms with E-state index in [1.165, 1.54) is 5.69 Å².